The molecule has 1 heterocycles. The third-order valence-electron chi connectivity index (χ3n) is 1.98. The Morgan fingerprint density at radius 1 is 1.07 bits per heavy atom. The maximum absolute atomic E-state index is 5.69. The van der Waals surface area contributed by atoms with Crippen molar-refractivity contribution in [3.8, 4) is 11.1 Å². The standard InChI is InChI=1S/C11H9IN2/c12-11-7-9(13)1-2-10(11)8-3-5-14-6-4-8/h1-7H,13H2. The lowest BCUT2D eigenvalue weighted by molar-refractivity contribution is 1.33. The van der Waals surface area contributed by atoms with E-state index in [0.717, 1.165) is 9.26 Å². The second-order valence-electron chi connectivity index (χ2n) is 2.98. The monoisotopic (exact) mass is 296 g/mol. The largest absolute Gasteiger partial charge is 0.399 e. The minimum Gasteiger partial charge on any atom is -0.399 e. The Kier molecular flexibility index (Phi) is 2.67. The summed E-state index contributed by atoms with van der Waals surface area (Å²) in [6.07, 6.45) is 3.59. The normalized spacial score (nSPS) is 10.1. The average Bonchev–Trinajstić information content (AvgIpc) is 2.19. The first-order valence-corrected chi connectivity index (χ1v) is 5.30. The Labute approximate surface area is 96.3 Å². The molecule has 70 valence electrons. The van der Waals surface area contributed by atoms with Gasteiger partial charge in [0.05, 0.1) is 0 Å². The van der Waals surface area contributed by atoms with Crippen molar-refractivity contribution < 1.29 is 0 Å². The summed E-state index contributed by atoms with van der Waals surface area (Å²) < 4.78 is 1.16. The van der Waals surface area contributed by atoms with Crippen molar-refractivity contribution in [1.29, 1.82) is 0 Å². The molecule has 0 aliphatic rings. The van der Waals surface area contributed by atoms with E-state index in [4.69, 9.17) is 5.73 Å². The van der Waals surface area contributed by atoms with Crippen molar-refractivity contribution in [3.63, 3.8) is 0 Å². The molecular weight excluding hydrogens is 287 g/mol. The molecule has 0 bridgehead atoms. The average molecular weight is 296 g/mol. The van der Waals surface area contributed by atoms with Gasteiger partial charge in [-0.1, -0.05) is 6.07 Å². The molecule has 0 fully saturated rings. The number of hydrogen-bond acceptors (Lipinski definition) is 2. The minimum absolute atomic E-state index is 0.798. The number of hydrogen-bond donors (Lipinski definition) is 1. The number of benzene rings is 1. The molecule has 0 saturated heterocycles. The van der Waals surface area contributed by atoms with Crippen molar-refractivity contribution in [1.82, 2.24) is 4.98 Å². The van der Waals surface area contributed by atoms with E-state index in [1.54, 1.807) is 12.4 Å². The van der Waals surface area contributed by atoms with Crippen LogP contribution in [0.2, 0.25) is 0 Å². The van der Waals surface area contributed by atoms with Gasteiger partial charge in [-0.2, -0.15) is 0 Å². The molecule has 0 atom stereocenters. The minimum atomic E-state index is 0.798. The molecule has 0 aliphatic heterocycles. The molecule has 14 heavy (non-hydrogen) atoms. The van der Waals surface area contributed by atoms with Gasteiger partial charge in [0.1, 0.15) is 0 Å². The van der Waals surface area contributed by atoms with Gasteiger partial charge in [-0.05, 0) is 58.0 Å². The molecule has 0 amide bonds. The summed E-state index contributed by atoms with van der Waals surface area (Å²) in [7, 11) is 0. The molecule has 1 aromatic heterocycles. The summed E-state index contributed by atoms with van der Waals surface area (Å²) in [6, 6.07) is 9.90. The van der Waals surface area contributed by atoms with Gasteiger partial charge in [-0.25, -0.2) is 0 Å². The van der Waals surface area contributed by atoms with Crippen LogP contribution in [0.25, 0.3) is 11.1 Å². The third-order valence-corrected chi connectivity index (χ3v) is 2.88. The van der Waals surface area contributed by atoms with E-state index in [1.165, 1.54) is 11.1 Å². The van der Waals surface area contributed by atoms with Crippen molar-refractivity contribution in [2.45, 2.75) is 0 Å². The number of anilines is 1. The first-order chi connectivity index (χ1) is 6.77. The molecule has 0 spiro atoms. The predicted octanol–water partition coefficient (Wildman–Crippen LogP) is 2.94. The summed E-state index contributed by atoms with van der Waals surface area (Å²) in [5.74, 6) is 0. The lowest BCUT2D eigenvalue weighted by Crippen LogP contribution is -1.88. The molecule has 1 aromatic carbocycles. The van der Waals surface area contributed by atoms with E-state index in [2.05, 4.69) is 27.6 Å². The number of rotatable bonds is 1. The van der Waals surface area contributed by atoms with Gasteiger partial charge in [-0.15, -0.1) is 0 Å². The molecule has 0 radical (unpaired) electrons. The fourth-order valence-electron chi connectivity index (χ4n) is 1.30. The SMILES string of the molecule is Nc1ccc(-c2ccncc2)c(I)c1. The van der Waals surface area contributed by atoms with Crippen LogP contribution in [0.3, 0.4) is 0 Å². The zero-order valence-corrected chi connectivity index (χ0v) is 9.60. The highest BCUT2D eigenvalue weighted by Gasteiger charge is 2.01. The highest BCUT2D eigenvalue weighted by molar-refractivity contribution is 14.1. The van der Waals surface area contributed by atoms with Gasteiger partial charge < -0.3 is 5.73 Å². The number of nitrogens with two attached hydrogens (primary N) is 1. The summed E-state index contributed by atoms with van der Waals surface area (Å²) in [6.45, 7) is 0. The maximum atomic E-state index is 5.69. The van der Waals surface area contributed by atoms with Crippen molar-refractivity contribution >= 4 is 28.3 Å². The third kappa shape index (κ3) is 1.87. The Hall–Kier alpha value is -1.10. The van der Waals surface area contributed by atoms with E-state index < -0.39 is 0 Å². The van der Waals surface area contributed by atoms with Crippen LogP contribution in [0.1, 0.15) is 0 Å². The number of pyridine rings is 1. The maximum Gasteiger partial charge on any atom is 0.0325 e. The summed E-state index contributed by atoms with van der Waals surface area (Å²) >= 11 is 2.29. The van der Waals surface area contributed by atoms with E-state index in [1.807, 2.05) is 30.3 Å². The second kappa shape index (κ2) is 3.96. The lowest BCUT2D eigenvalue weighted by Gasteiger charge is -2.04. The topological polar surface area (TPSA) is 38.9 Å². The van der Waals surface area contributed by atoms with E-state index in [0.29, 0.717) is 0 Å². The number of aromatic nitrogens is 1. The lowest BCUT2D eigenvalue weighted by atomic mass is 10.1. The molecular formula is C11H9IN2. The molecule has 2 N–H and O–H groups in total. The van der Waals surface area contributed by atoms with Crippen molar-refractivity contribution in [2.24, 2.45) is 0 Å². The fourth-order valence-corrected chi connectivity index (χ4v) is 2.15. The molecule has 2 aromatic rings. The van der Waals surface area contributed by atoms with Crippen molar-refractivity contribution in [3.05, 3.63) is 46.3 Å². The van der Waals surface area contributed by atoms with Crippen LogP contribution in [0, 0.1) is 3.57 Å². The van der Waals surface area contributed by atoms with Crippen LogP contribution in [-0.2, 0) is 0 Å². The van der Waals surface area contributed by atoms with Gasteiger partial charge >= 0.3 is 0 Å². The van der Waals surface area contributed by atoms with Crippen LogP contribution in [0.5, 0.6) is 0 Å². The van der Waals surface area contributed by atoms with Crippen LogP contribution in [0.15, 0.2) is 42.7 Å². The first-order valence-electron chi connectivity index (χ1n) is 4.23. The van der Waals surface area contributed by atoms with Gasteiger partial charge in [0.2, 0.25) is 0 Å². The zero-order valence-electron chi connectivity index (χ0n) is 7.44. The number of nitrogens with zero attached hydrogens (tertiary/aromatic N) is 1. The van der Waals surface area contributed by atoms with E-state index >= 15 is 0 Å². The number of nitrogen functional groups attached to an aromatic ring is 1. The molecule has 0 saturated carbocycles. The summed E-state index contributed by atoms with van der Waals surface area (Å²) in [4.78, 5) is 3.99. The highest BCUT2D eigenvalue weighted by Crippen LogP contribution is 2.26. The fraction of sp³-hybridized carbons (Fsp3) is 0. The van der Waals surface area contributed by atoms with Gasteiger partial charge in [0.25, 0.3) is 0 Å². The quantitative estimate of drug-likeness (QED) is 0.649. The van der Waals surface area contributed by atoms with Crippen LogP contribution in [-0.4, -0.2) is 4.98 Å². The van der Waals surface area contributed by atoms with Crippen LogP contribution in [0.4, 0.5) is 5.69 Å². The van der Waals surface area contributed by atoms with Gasteiger partial charge in [0.15, 0.2) is 0 Å². The summed E-state index contributed by atoms with van der Waals surface area (Å²) in [5, 5.41) is 0. The van der Waals surface area contributed by atoms with Gasteiger partial charge in [-0.3, -0.25) is 4.98 Å². The molecule has 2 nitrogen and oxygen atoms in total. The molecule has 3 heteroatoms. The van der Waals surface area contributed by atoms with Gasteiger partial charge in [0, 0.05) is 21.7 Å². The molecule has 0 aliphatic carbocycles. The zero-order chi connectivity index (χ0) is 9.97. The Balaban J connectivity index is 2.53. The summed E-state index contributed by atoms with van der Waals surface area (Å²) in [5.41, 5.74) is 8.85. The number of halogens is 1. The van der Waals surface area contributed by atoms with E-state index in [9.17, 15) is 0 Å². The Bertz CT molecular complexity index is 440. The smallest absolute Gasteiger partial charge is 0.0325 e. The van der Waals surface area contributed by atoms with Crippen molar-refractivity contribution in [2.75, 3.05) is 5.73 Å². The highest BCUT2D eigenvalue weighted by atomic mass is 127. The Morgan fingerprint density at radius 2 is 1.79 bits per heavy atom. The first kappa shape index (κ1) is 9.45. The van der Waals surface area contributed by atoms with Crippen LogP contribution < -0.4 is 5.73 Å². The Morgan fingerprint density at radius 3 is 2.43 bits per heavy atom. The molecule has 0 unspecified atom stereocenters. The predicted molar refractivity (Wildman–Crippen MR) is 66.8 cm³/mol. The van der Waals surface area contributed by atoms with Crippen LogP contribution >= 0.6 is 22.6 Å². The molecule has 2 rings (SSSR count). The second-order valence-corrected chi connectivity index (χ2v) is 4.14. The van der Waals surface area contributed by atoms with E-state index in [-0.39, 0.29) is 0 Å².